The van der Waals surface area contributed by atoms with Crippen molar-refractivity contribution in [3.05, 3.63) is 94.5 Å². The first-order valence-corrected chi connectivity index (χ1v) is 12.2. The molecule has 3 aromatic rings. The summed E-state index contributed by atoms with van der Waals surface area (Å²) in [6, 6.07) is 19.1. The van der Waals surface area contributed by atoms with Gasteiger partial charge < -0.3 is 10.6 Å². The number of nitrogens with one attached hydrogen (secondary N) is 3. The number of carbonyl (C=O) groups excluding carboxylic acids is 2. The minimum atomic E-state index is -4.04. The van der Waals surface area contributed by atoms with E-state index in [-0.39, 0.29) is 17.3 Å². The fraction of sp³-hybridized carbons (Fsp3) is 0.167. The average Bonchev–Trinajstić information content (AvgIpc) is 2.82. The SMILES string of the molecule is O=C1CCc2cc(S(=O)(=O)NC(C(=O)NCc3ccccc3Cl)c3ccccc3)ccc2N1. The van der Waals surface area contributed by atoms with Gasteiger partial charge in [0.2, 0.25) is 21.8 Å². The summed E-state index contributed by atoms with van der Waals surface area (Å²) < 4.78 is 28.9. The lowest BCUT2D eigenvalue weighted by molar-refractivity contribution is -0.123. The van der Waals surface area contributed by atoms with Crippen LogP contribution < -0.4 is 15.4 Å². The van der Waals surface area contributed by atoms with Crippen molar-refractivity contribution in [2.24, 2.45) is 0 Å². The minimum Gasteiger partial charge on any atom is -0.350 e. The van der Waals surface area contributed by atoms with Gasteiger partial charge in [0.05, 0.1) is 4.90 Å². The number of anilines is 1. The molecule has 1 aliphatic rings. The molecule has 3 aromatic carbocycles. The van der Waals surface area contributed by atoms with Gasteiger partial charge in [0.1, 0.15) is 6.04 Å². The molecule has 3 N–H and O–H groups in total. The van der Waals surface area contributed by atoms with Crippen molar-refractivity contribution >= 4 is 39.1 Å². The van der Waals surface area contributed by atoms with Gasteiger partial charge in [-0.3, -0.25) is 9.59 Å². The van der Waals surface area contributed by atoms with Crippen molar-refractivity contribution in [1.82, 2.24) is 10.0 Å². The summed E-state index contributed by atoms with van der Waals surface area (Å²) in [5.41, 5.74) is 2.56. The molecule has 0 spiro atoms. The summed E-state index contributed by atoms with van der Waals surface area (Å²) in [5, 5.41) is 6.01. The van der Waals surface area contributed by atoms with E-state index in [0.717, 1.165) is 11.1 Å². The van der Waals surface area contributed by atoms with Crippen LogP contribution >= 0.6 is 11.6 Å². The quantitative estimate of drug-likeness (QED) is 0.478. The smallest absolute Gasteiger partial charge is 0.243 e. The number of hydrogen-bond acceptors (Lipinski definition) is 4. The number of aryl methyl sites for hydroxylation is 1. The molecule has 2 amide bonds. The number of halogens is 1. The van der Waals surface area contributed by atoms with Gasteiger partial charge in [0.15, 0.2) is 0 Å². The van der Waals surface area contributed by atoms with E-state index in [1.807, 2.05) is 6.07 Å². The highest BCUT2D eigenvalue weighted by Crippen LogP contribution is 2.26. The van der Waals surface area contributed by atoms with E-state index in [1.165, 1.54) is 12.1 Å². The third-order valence-electron chi connectivity index (χ3n) is 5.36. The van der Waals surface area contributed by atoms with Crippen LogP contribution in [0, 0.1) is 0 Å². The lowest BCUT2D eigenvalue weighted by Crippen LogP contribution is -2.40. The molecule has 0 aliphatic carbocycles. The Bertz CT molecular complexity index is 1300. The van der Waals surface area contributed by atoms with Crippen molar-refractivity contribution < 1.29 is 18.0 Å². The highest BCUT2D eigenvalue weighted by molar-refractivity contribution is 7.89. The number of sulfonamides is 1. The number of amides is 2. The van der Waals surface area contributed by atoms with Crippen LogP contribution in [0.5, 0.6) is 0 Å². The molecule has 0 saturated heterocycles. The Balaban J connectivity index is 1.58. The third kappa shape index (κ3) is 5.42. The molecule has 33 heavy (non-hydrogen) atoms. The summed E-state index contributed by atoms with van der Waals surface area (Å²) >= 11 is 6.17. The molecule has 1 unspecified atom stereocenters. The maximum absolute atomic E-state index is 13.2. The molecule has 4 rings (SSSR count). The Morgan fingerprint density at radius 1 is 1.00 bits per heavy atom. The number of rotatable bonds is 7. The monoisotopic (exact) mass is 483 g/mol. The summed E-state index contributed by atoms with van der Waals surface area (Å²) in [7, 11) is -4.04. The molecule has 1 atom stereocenters. The fourth-order valence-electron chi connectivity index (χ4n) is 3.59. The zero-order chi connectivity index (χ0) is 23.4. The van der Waals surface area contributed by atoms with E-state index >= 15 is 0 Å². The second kappa shape index (κ2) is 9.74. The van der Waals surface area contributed by atoms with E-state index < -0.39 is 22.0 Å². The standard InChI is InChI=1S/C24H22ClN3O4S/c25-20-9-5-4-8-18(20)15-26-24(30)23(16-6-2-1-3-7-16)28-33(31,32)19-11-12-21-17(14-19)10-13-22(29)27-21/h1-9,11-12,14,23,28H,10,13,15H2,(H,26,30)(H,27,29). The van der Waals surface area contributed by atoms with Crippen LogP contribution in [0.1, 0.15) is 29.2 Å². The van der Waals surface area contributed by atoms with Gasteiger partial charge >= 0.3 is 0 Å². The van der Waals surface area contributed by atoms with Crippen LogP contribution in [-0.4, -0.2) is 20.2 Å². The molecular weight excluding hydrogens is 462 g/mol. The molecule has 0 bridgehead atoms. The van der Waals surface area contributed by atoms with Gasteiger partial charge in [-0.25, -0.2) is 8.42 Å². The van der Waals surface area contributed by atoms with Crippen LogP contribution in [0.25, 0.3) is 0 Å². The Hall–Kier alpha value is -3.20. The fourth-order valence-corrected chi connectivity index (χ4v) is 5.03. The topological polar surface area (TPSA) is 104 Å². The second-order valence-corrected chi connectivity index (χ2v) is 9.76. The molecule has 1 aliphatic heterocycles. The van der Waals surface area contributed by atoms with Crippen molar-refractivity contribution in [3.63, 3.8) is 0 Å². The summed E-state index contributed by atoms with van der Waals surface area (Å²) in [5.74, 6) is -0.606. The van der Waals surface area contributed by atoms with Gasteiger partial charge in [-0.2, -0.15) is 4.72 Å². The Labute approximate surface area is 197 Å². The first-order chi connectivity index (χ1) is 15.8. The van der Waals surface area contributed by atoms with Crippen LogP contribution in [-0.2, 0) is 32.6 Å². The Morgan fingerprint density at radius 3 is 2.48 bits per heavy atom. The number of carbonyl (C=O) groups is 2. The van der Waals surface area contributed by atoms with E-state index in [9.17, 15) is 18.0 Å². The van der Waals surface area contributed by atoms with Crippen LogP contribution in [0.15, 0.2) is 77.7 Å². The molecule has 170 valence electrons. The van der Waals surface area contributed by atoms with Crippen LogP contribution in [0.3, 0.4) is 0 Å². The first-order valence-electron chi connectivity index (χ1n) is 10.3. The number of hydrogen-bond donors (Lipinski definition) is 3. The highest BCUT2D eigenvalue weighted by Gasteiger charge is 2.28. The minimum absolute atomic E-state index is 0.0252. The Kier molecular flexibility index (Phi) is 6.78. The zero-order valence-electron chi connectivity index (χ0n) is 17.5. The molecule has 7 nitrogen and oxygen atoms in total. The number of benzene rings is 3. The molecule has 0 aromatic heterocycles. The van der Waals surface area contributed by atoms with Gasteiger partial charge in [-0.05, 0) is 47.4 Å². The average molecular weight is 484 g/mol. The van der Waals surface area contributed by atoms with Crippen molar-refractivity contribution in [2.75, 3.05) is 5.32 Å². The van der Waals surface area contributed by atoms with Crippen molar-refractivity contribution in [1.29, 1.82) is 0 Å². The van der Waals surface area contributed by atoms with Crippen LogP contribution in [0.4, 0.5) is 5.69 Å². The van der Waals surface area contributed by atoms with Gasteiger partial charge in [0, 0.05) is 23.7 Å². The van der Waals surface area contributed by atoms with E-state index in [0.29, 0.717) is 29.1 Å². The lowest BCUT2D eigenvalue weighted by Gasteiger charge is -2.21. The van der Waals surface area contributed by atoms with Crippen molar-refractivity contribution in [2.45, 2.75) is 30.3 Å². The molecule has 1 heterocycles. The van der Waals surface area contributed by atoms with E-state index in [2.05, 4.69) is 15.4 Å². The van der Waals surface area contributed by atoms with Crippen LogP contribution in [0.2, 0.25) is 5.02 Å². The number of fused-ring (bicyclic) bond motifs is 1. The Morgan fingerprint density at radius 2 is 1.73 bits per heavy atom. The van der Waals surface area contributed by atoms with E-state index in [1.54, 1.807) is 54.6 Å². The molecule has 9 heteroatoms. The highest BCUT2D eigenvalue weighted by atomic mass is 35.5. The third-order valence-corrected chi connectivity index (χ3v) is 7.15. The predicted molar refractivity (Wildman–Crippen MR) is 126 cm³/mol. The molecule has 0 fully saturated rings. The lowest BCUT2D eigenvalue weighted by atomic mass is 10.0. The summed E-state index contributed by atoms with van der Waals surface area (Å²) in [6.45, 7) is 0.155. The summed E-state index contributed by atoms with van der Waals surface area (Å²) in [6.07, 6.45) is 0.742. The molecule has 0 radical (unpaired) electrons. The van der Waals surface area contributed by atoms with Gasteiger partial charge in [0.25, 0.3) is 0 Å². The largest absolute Gasteiger partial charge is 0.350 e. The maximum Gasteiger partial charge on any atom is 0.243 e. The van der Waals surface area contributed by atoms with E-state index in [4.69, 9.17) is 11.6 Å². The van der Waals surface area contributed by atoms with Gasteiger partial charge in [-0.15, -0.1) is 0 Å². The normalized spacial score (nSPS) is 14.2. The maximum atomic E-state index is 13.2. The molecule has 0 saturated carbocycles. The molecular formula is C24H22ClN3O4S. The predicted octanol–water partition coefficient (Wildman–Crippen LogP) is 3.56. The zero-order valence-corrected chi connectivity index (χ0v) is 19.1. The first kappa shape index (κ1) is 23.0. The summed E-state index contributed by atoms with van der Waals surface area (Å²) in [4.78, 5) is 24.7. The van der Waals surface area contributed by atoms with Crippen molar-refractivity contribution in [3.8, 4) is 0 Å². The van der Waals surface area contributed by atoms with Gasteiger partial charge in [-0.1, -0.05) is 60.1 Å². The second-order valence-electron chi connectivity index (χ2n) is 7.64.